The Morgan fingerprint density at radius 3 is 1.33 bits per heavy atom. The van der Waals surface area contributed by atoms with E-state index >= 15 is 0 Å². The van der Waals surface area contributed by atoms with Gasteiger partial charge in [-0.15, -0.1) is 0 Å². The molecule has 0 aromatic rings. The molecule has 6 N–H and O–H groups in total. The van der Waals surface area contributed by atoms with Crippen LogP contribution in [0.5, 0.6) is 0 Å². The molecule has 0 atom stereocenters. The van der Waals surface area contributed by atoms with Crippen LogP contribution in [0.3, 0.4) is 0 Å². The standard InChI is InChI=1S/C13H30N2O6/c14-1-3-18-5-7-20-11-13(9-16,10-17)12-21-8-6-19-4-2-15/h16-17H,1-12,14-15H2. The zero-order chi connectivity index (χ0) is 15.8. The second-order valence-electron chi connectivity index (χ2n) is 4.72. The average molecular weight is 310 g/mol. The van der Waals surface area contributed by atoms with Crippen LogP contribution in [-0.4, -0.2) is 89.4 Å². The third kappa shape index (κ3) is 11.0. The summed E-state index contributed by atoms with van der Waals surface area (Å²) in [4.78, 5) is 0. The predicted octanol–water partition coefficient (Wildman–Crippen LogP) is -2.06. The molecular formula is C13H30N2O6. The number of ether oxygens (including phenoxy) is 4. The maximum atomic E-state index is 9.44. The maximum absolute atomic E-state index is 9.44. The molecule has 0 bridgehead atoms. The Morgan fingerprint density at radius 2 is 1.00 bits per heavy atom. The summed E-state index contributed by atoms with van der Waals surface area (Å²) in [6.07, 6.45) is 0. The zero-order valence-corrected chi connectivity index (χ0v) is 12.7. The molecule has 8 heteroatoms. The van der Waals surface area contributed by atoms with Gasteiger partial charge in [0.05, 0.1) is 71.5 Å². The summed E-state index contributed by atoms with van der Waals surface area (Å²) in [5.41, 5.74) is 9.76. The quantitative estimate of drug-likeness (QED) is 0.240. The molecule has 0 aromatic heterocycles. The van der Waals surface area contributed by atoms with Crippen molar-refractivity contribution in [2.75, 3.05) is 79.2 Å². The van der Waals surface area contributed by atoms with E-state index in [0.717, 1.165) is 0 Å². The highest BCUT2D eigenvalue weighted by Gasteiger charge is 2.29. The molecule has 128 valence electrons. The van der Waals surface area contributed by atoms with Gasteiger partial charge < -0.3 is 40.6 Å². The molecule has 0 fully saturated rings. The largest absolute Gasteiger partial charge is 0.396 e. The van der Waals surface area contributed by atoms with Gasteiger partial charge in [0.25, 0.3) is 0 Å². The Hall–Kier alpha value is -0.320. The average Bonchev–Trinajstić information content (AvgIpc) is 2.52. The summed E-state index contributed by atoms with van der Waals surface area (Å²) >= 11 is 0. The number of hydrogen-bond donors (Lipinski definition) is 4. The fourth-order valence-corrected chi connectivity index (χ4v) is 1.46. The third-order valence-corrected chi connectivity index (χ3v) is 2.76. The molecule has 0 unspecified atom stereocenters. The summed E-state index contributed by atoms with van der Waals surface area (Å²) in [5, 5.41) is 18.9. The van der Waals surface area contributed by atoms with Gasteiger partial charge in [-0.1, -0.05) is 0 Å². The molecule has 0 aliphatic rings. The minimum Gasteiger partial charge on any atom is -0.396 e. The van der Waals surface area contributed by atoms with Crippen LogP contribution in [0.15, 0.2) is 0 Å². The molecule has 0 aliphatic heterocycles. The van der Waals surface area contributed by atoms with E-state index in [1.54, 1.807) is 0 Å². The van der Waals surface area contributed by atoms with Crippen molar-refractivity contribution < 1.29 is 29.2 Å². The molecule has 0 saturated carbocycles. The minimum atomic E-state index is -0.818. The van der Waals surface area contributed by atoms with E-state index in [0.29, 0.717) is 52.7 Å². The van der Waals surface area contributed by atoms with E-state index in [9.17, 15) is 10.2 Å². The summed E-state index contributed by atoms with van der Waals surface area (Å²) in [6, 6.07) is 0. The smallest absolute Gasteiger partial charge is 0.0701 e. The summed E-state index contributed by atoms with van der Waals surface area (Å²) in [5.74, 6) is 0. The lowest BCUT2D eigenvalue weighted by Crippen LogP contribution is -2.40. The first kappa shape index (κ1) is 20.7. The fourth-order valence-electron chi connectivity index (χ4n) is 1.46. The topological polar surface area (TPSA) is 129 Å². The molecule has 0 radical (unpaired) electrons. The molecular weight excluding hydrogens is 280 g/mol. The Balaban J connectivity index is 3.78. The predicted molar refractivity (Wildman–Crippen MR) is 78.0 cm³/mol. The Bertz CT molecular complexity index is 199. The lowest BCUT2D eigenvalue weighted by Gasteiger charge is -2.29. The molecule has 0 amide bonds. The summed E-state index contributed by atoms with van der Waals surface area (Å²) in [7, 11) is 0. The number of rotatable bonds is 16. The highest BCUT2D eigenvalue weighted by Crippen LogP contribution is 2.17. The highest BCUT2D eigenvalue weighted by atomic mass is 16.5. The molecule has 8 nitrogen and oxygen atoms in total. The van der Waals surface area contributed by atoms with Crippen LogP contribution in [0, 0.1) is 5.41 Å². The molecule has 0 heterocycles. The van der Waals surface area contributed by atoms with Gasteiger partial charge in [-0.3, -0.25) is 0 Å². The molecule has 0 rings (SSSR count). The monoisotopic (exact) mass is 310 g/mol. The van der Waals surface area contributed by atoms with Crippen LogP contribution < -0.4 is 11.5 Å². The number of hydrogen-bond acceptors (Lipinski definition) is 8. The van der Waals surface area contributed by atoms with Gasteiger partial charge in [0, 0.05) is 13.1 Å². The van der Waals surface area contributed by atoms with Crippen LogP contribution in [0.1, 0.15) is 0 Å². The normalized spacial score (nSPS) is 12.0. The Labute approximate surface area is 126 Å². The van der Waals surface area contributed by atoms with E-state index in [1.165, 1.54) is 0 Å². The van der Waals surface area contributed by atoms with Gasteiger partial charge in [-0.05, 0) is 0 Å². The van der Waals surface area contributed by atoms with Gasteiger partial charge >= 0.3 is 0 Å². The zero-order valence-electron chi connectivity index (χ0n) is 12.7. The first-order valence-corrected chi connectivity index (χ1v) is 7.17. The molecule has 0 saturated heterocycles. The van der Waals surface area contributed by atoms with Crippen LogP contribution in [0.2, 0.25) is 0 Å². The van der Waals surface area contributed by atoms with Crippen LogP contribution in [0.4, 0.5) is 0 Å². The van der Waals surface area contributed by atoms with E-state index in [2.05, 4.69) is 0 Å². The second kappa shape index (κ2) is 14.6. The number of aliphatic hydroxyl groups is 2. The van der Waals surface area contributed by atoms with Crippen LogP contribution in [0.25, 0.3) is 0 Å². The SMILES string of the molecule is NCCOCCOCC(CO)(CO)COCCOCCN. The van der Waals surface area contributed by atoms with Crippen LogP contribution >= 0.6 is 0 Å². The van der Waals surface area contributed by atoms with Gasteiger partial charge in [-0.2, -0.15) is 0 Å². The summed E-state index contributed by atoms with van der Waals surface area (Å²) in [6.45, 7) is 3.45. The van der Waals surface area contributed by atoms with Crippen molar-refractivity contribution in [1.29, 1.82) is 0 Å². The van der Waals surface area contributed by atoms with E-state index < -0.39 is 5.41 Å². The van der Waals surface area contributed by atoms with Crippen molar-refractivity contribution in [3.8, 4) is 0 Å². The van der Waals surface area contributed by atoms with Crippen molar-refractivity contribution in [3.05, 3.63) is 0 Å². The Morgan fingerprint density at radius 1 is 0.619 bits per heavy atom. The highest BCUT2D eigenvalue weighted by molar-refractivity contribution is 4.77. The van der Waals surface area contributed by atoms with Gasteiger partial charge in [-0.25, -0.2) is 0 Å². The minimum absolute atomic E-state index is 0.190. The van der Waals surface area contributed by atoms with Crippen molar-refractivity contribution in [3.63, 3.8) is 0 Å². The van der Waals surface area contributed by atoms with E-state index in [1.807, 2.05) is 0 Å². The number of nitrogens with two attached hydrogens (primary N) is 2. The number of aliphatic hydroxyl groups excluding tert-OH is 2. The first-order chi connectivity index (χ1) is 10.2. The lowest BCUT2D eigenvalue weighted by molar-refractivity contribution is -0.0887. The molecule has 0 spiro atoms. The van der Waals surface area contributed by atoms with Crippen molar-refractivity contribution in [2.24, 2.45) is 16.9 Å². The van der Waals surface area contributed by atoms with Crippen molar-refractivity contribution >= 4 is 0 Å². The third-order valence-electron chi connectivity index (χ3n) is 2.76. The molecule has 21 heavy (non-hydrogen) atoms. The van der Waals surface area contributed by atoms with E-state index in [-0.39, 0.29) is 26.4 Å². The van der Waals surface area contributed by atoms with E-state index in [4.69, 9.17) is 30.4 Å². The fraction of sp³-hybridized carbons (Fsp3) is 1.00. The second-order valence-corrected chi connectivity index (χ2v) is 4.72. The van der Waals surface area contributed by atoms with Crippen molar-refractivity contribution in [1.82, 2.24) is 0 Å². The Kier molecular flexibility index (Phi) is 14.4. The van der Waals surface area contributed by atoms with Gasteiger partial charge in [0.1, 0.15) is 0 Å². The van der Waals surface area contributed by atoms with Gasteiger partial charge in [0.2, 0.25) is 0 Å². The molecule has 0 aromatic carbocycles. The summed E-state index contributed by atoms with van der Waals surface area (Å²) < 4.78 is 21.2. The van der Waals surface area contributed by atoms with Crippen molar-refractivity contribution in [2.45, 2.75) is 0 Å². The molecule has 0 aliphatic carbocycles. The van der Waals surface area contributed by atoms with Crippen LogP contribution in [-0.2, 0) is 18.9 Å². The maximum Gasteiger partial charge on any atom is 0.0701 e. The van der Waals surface area contributed by atoms with Gasteiger partial charge in [0.15, 0.2) is 0 Å². The lowest BCUT2D eigenvalue weighted by atomic mass is 9.92. The first-order valence-electron chi connectivity index (χ1n) is 7.17.